The van der Waals surface area contributed by atoms with E-state index in [9.17, 15) is 9.59 Å². The molecule has 5 rings (SSSR count). The molecule has 0 bridgehead atoms. The van der Waals surface area contributed by atoms with E-state index in [0.717, 1.165) is 68.7 Å². The molecule has 1 aromatic carbocycles. The maximum absolute atomic E-state index is 13.3. The molecule has 3 heterocycles. The molecule has 2 aliphatic rings. The molecule has 1 saturated heterocycles. The number of hydrogen-bond acceptors (Lipinski definition) is 6. The van der Waals surface area contributed by atoms with Gasteiger partial charge in [-0.1, -0.05) is 19.3 Å². The lowest BCUT2D eigenvalue weighted by molar-refractivity contribution is -0.128. The summed E-state index contributed by atoms with van der Waals surface area (Å²) in [6.07, 6.45) is 6.41. The predicted molar refractivity (Wildman–Crippen MR) is 136 cm³/mol. The smallest absolute Gasteiger partial charge is 0.293 e. The average Bonchev–Trinajstić information content (AvgIpc) is 3.18. The molecule has 2 aromatic heterocycles. The number of aryl methyl sites for hydroxylation is 1. The molecule has 0 atom stereocenters. The number of aromatic nitrogens is 4. The molecule has 186 valence electrons. The van der Waals surface area contributed by atoms with Gasteiger partial charge in [-0.25, -0.2) is 9.67 Å². The van der Waals surface area contributed by atoms with Crippen molar-refractivity contribution in [1.29, 1.82) is 0 Å². The summed E-state index contributed by atoms with van der Waals surface area (Å²) in [5, 5.41) is 4.63. The maximum atomic E-state index is 13.3. The topological polar surface area (TPSA) is 96.3 Å². The SMILES string of the molecule is COc1cc(N2CCCN(C(C)=O)CC2)ccc1-c1nc2c(C)nn(C3CCCCC3)c(=O)c2[nH]1. The third kappa shape index (κ3) is 4.51. The van der Waals surface area contributed by atoms with Crippen LogP contribution in [-0.4, -0.2) is 63.8 Å². The minimum atomic E-state index is -0.105. The highest BCUT2D eigenvalue weighted by Crippen LogP contribution is 2.34. The van der Waals surface area contributed by atoms with Gasteiger partial charge >= 0.3 is 0 Å². The molecule has 9 nitrogen and oxygen atoms in total. The van der Waals surface area contributed by atoms with Crippen LogP contribution >= 0.6 is 0 Å². The number of nitrogens with one attached hydrogen (secondary N) is 1. The van der Waals surface area contributed by atoms with Crippen molar-refractivity contribution in [2.75, 3.05) is 38.2 Å². The van der Waals surface area contributed by atoms with Gasteiger partial charge in [-0.05, 0) is 38.3 Å². The summed E-state index contributed by atoms with van der Waals surface area (Å²) >= 11 is 0. The first kappa shape index (κ1) is 23.4. The highest BCUT2D eigenvalue weighted by molar-refractivity contribution is 5.82. The molecule has 1 N–H and O–H groups in total. The first-order chi connectivity index (χ1) is 17.0. The number of benzene rings is 1. The number of amides is 1. The fourth-order valence-electron chi connectivity index (χ4n) is 5.42. The molecule has 3 aromatic rings. The van der Waals surface area contributed by atoms with Crippen LogP contribution < -0.4 is 15.2 Å². The number of nitrogens with zero attached hydrogens (tertiary/aromatic N) is 5. The average molecular weight is 479 g/mol. The van der Waals surface area contributed by atoms with Crippen LogP contribution in [-0.2, 0) is 4.79 Å². The maximum Gasteiger partial charge on any atom is 0.293 e. The van der Waals surface area contributed by atoms with Gasteiger partial charge in [-0.3, -0.25) is 9.59 Å². The molecule has 1 aliphatic heterocycles. The van der Waals surface area contributed by atoms with E-state index in [4.69, 9.17) is 9.72 Å². The Bertz CT molecular complexity index is 1290. The highest BCUT2D eigenvalue weighted by atomic mass is 16.5. The molecule has 0 unspecified atom stereocenters. The van der Waals surface area contributed by atoms with E-state index in [1.54, 1.807) is 18.7 Å². The van der Waals surface area contributed by atoms with E-state index in [1.807, 2.05) is 24.0 Å². The van der Waals surface area contributed by atoms with Crippen LogP contribution in [0.4, 0.5) is 5.69 Å². The standard InChI is InChI=1S/C26H34N6O3/c1-17-23-24(26(34)32(29-17)19-8-5-4-6-9-19)28-25(27-23)21-11-10-20(16-22(21)35-3)31-13-7-12-30(14-15-31)18(2)33/h10-11,16,19H,4-9,12-15H2,1-3H3,(H,27,28). The van der Waals surface area contributed by atoms with Gasteiger partial charge in [0.15, 0.2) is 0 Å². The summed E-state index contributed by atoms with van der Waals surface area (Å²) in [5.41, 5.74) is 3.61. The van der Waals surface area contributed by atoms with Crippen molar-refractivity contribution in [1.82, 2.24) is 24.6 Å². The number of imidazole rings is 1. The second-order valence-electron chi connectivity index (χ2n) is 9.67. The summed E-state index contributed by atoms with van der Waals surface area (Å²) in [6.45, 7) is 6.69. The van der Waals surface area contributed by atoms with Gasteiger partial charge < -0.3 is 19.5 Å². The Labute approximate surface area is 205 Å². The number of hydrogen-bond donors (Lipinski definition) is 1. The highest BCUT2D eigenvalue weighted by Gasteiger charge is 2.23. The van der Waals surface area contributed by atoms with Gasteiger partial charge in [-0.15, -0.1) is 0 Å². The Morgan fingerprint density at radius 1 is 1.09 bits per heavy atom. The van der Waals surface area contributed by atoms with Crippen molar-refractivity contribution < 1.29 is 9.53 Å². The first-order valence-corrected chi connectivity index (χ1v) is 12.6. The van der Waals surface area contributed by atoms with Gasteiger partial charge in [0.05, 0.1) is 24.4 Å². The van der Waals surface area contributed by atoms with Gasteiger partial charge in [0.25, 0.3) is 5.56 Å². The van der Waals surface area contributed by atoms with Crippen molar-refractivity contribution in [3.8, 4) is 17.1 Å². The summed E-state index contributed by atoms with van der Waals surface area (Å²) in [6, 6.07) is 6.21. The van der Waals surface area contributed by atoms with E-state index in [0.29, 0.717) is 29.2 Å². The fourth-order valence-corrected chi connectivity index (χ4v) is 5.42. The Morgan fingerprint density at radius 3 is 2.63 bits per heavy atom. The number of carbonyl (C=O) groups excluding carboxylic acids is 1. The van der Waals surface area contributed by atoms with Crippen LogP contribution in [0.15, 0.2) is 23.0 Å². The lowest BCUT2D eigenvalue weighted by atomic mass is 9.95. The zero-order valence-electron chi connectivity index (χ0n) is 20.8. The summed E-state index contributed by atoms with van der Waals surface area (Å²) in [5.74, 6) is 1.41. The fraction of sp³-hybridized carbons (Fsp3) is 0.538. The number of ether oxygens (including phenoxy) is 1. The molecule has 0 radical (unpaired) electrons. The molecule has 0 spiro atoms. The molecule has 1 aliphatic carbocycles. The molecule has 1 saturated carbocycles. The largest absolute Gasteiger partial charge is 0.496 e. The lowest BCUT2D eigenvalue weighted by Gasteiger charge is -2.24. The van der Waals surface area contributed by atoms with Gasteiger partial charge in [0, 0.05) is 44.9 Å². The van der Waals surface area contributed by atoms with Crippen molar-refractivity contribution >= 4 is 22.6 Å². The van der Waals surface area contributed by atoms with Crippen LogP contribution in [0.5, 0.6) is 5.75 Å². The summed E-state index contributed by atoms with van der Waals surface area (Å²) in [7, 11) is 1.65. The Kier molecular flexibility index (Phi) is 6.49. The minimum Gasteiger partial charge on any atom is -0.496 e. The second-order valence-corrected chi connectivity index (χ2v) is 9.67. The van der Waals surface area contributed by atoms with Crippen molar-refractivity contribution in [3.05, 3.63) is 34.2 Å². The van der Waals surface area contributed by atoms with Crippen molar-refractivity contribution in [3.63, 3.8) is 0 Å². The molecule has 2 fully saturated rings. The van der Waals surface area contributed by atoms with E-state index in [1.165, 1.54) is 6.42 Å². The number of aromatic amines is 1. The third-order valence-corrected chi connectivity index (χ3v) is 7.39. The second kappa shape index (κ2) is 9.71. The molecule has 35 heavy (non-hydrogen) atoms. The number of fused-ring (bicyclic) bond motifs is 1. The van der Waals surface area contributed by atoms with Crippen LogP contribution in [0.25, 0.3) is 22.4 Å². The lowest BCUT2D eigenvalue weighted by Crippen LogP contribution is -2.33. The van der Waals surface area contributed by atoms with Crippen molar-refractivity contribution in [2.24, 2.45) is 0 Å². The van der Waals surface area contributed by atoms with E-state index in [-0.39, 0.29) is 17.5 Å². The predicted octanol–water partition coefficient (Wildman–Crippen LogP) is 3.67. The number of methoxy groups -OCH3 is 1. The van der Waals surface area contributed by atoms with Crippen LogP contribution in [0.3, 0.4) is 0 Å². The van der Waals surface area contributed by atoms with E-state index < -0.39 is 0 Å². The monoisotopic (exact) mass is 478 g/mol. The van der Waals surface area contributed by atoms with E-state index in [2.05, 4.69) is 21.0 Å². The molecular weight excluding hydrogens is 444 g/mol. The Morgan fingerprint density at radius 2 is 1.89 bits per heavy atom. The zero-order valence-corrected chi connectivity index (χ0v) is 20.8. The Hall–Kier alpha value is -3.36. The van der Waals surface area contributed by atoms with Gasteiger partial charge in [0.2, 0.25) is 5.91 Å². The molecule has 1 amide bonds. The number of carbonyl (C=O) groups is 1. The molecule has 9 heteroatoms. The van der Waals surface area contributed by atoms with Crippen LogP contribution in [0, 0.1) is 6.92 Å². The third-order valence-electron chi connectivity index (χ3n) is 7.39. The summed E-state index contributed by atoms with van der Waals surface area (Å²) < 4.78 is 7.42. The number of H-pyrrole nitrogens is 1. The van der Waals surface area contributed by atoms with Crippen LogP contribution in [0.1, 0.15) is 57.2 Å². The zero-order chi connectivity index (χ0) is 24.5. The number of anilines is 1. The first-order valence-electron chi connectivity index (χ1n) is 12.6. The van der Waals surface area contributed by atoms with Crippen molar-refractivity contribution in [2.45, 2.75) is 58.4 Å². The Balaban J connectivity index is 1.47. The molecular formula is C26H34N6O3. The quantitative estimate of drug-likeness (QED) is 0.615. The van der Waals surface area contributed by atoms with Gasteiger partial charge in [0.1, 0.15) is 22.6 Å². The van der Waals surface area contributed by atoms with Crippen LogP contribution in [0.2, 0.25) is 0 Å². The van der Waals surface area contributed by atoms with E-state index >= 15 is 0 Å². The normalized spacial score (nSPS) is 17.6. The van der Waals surface area contributed by atoms with Gasteiger partial charge in [-0.2, -0.15) is 5.10 Å². The minimum absolute atomic E-state index is 0.105. The number of rotatable bonds is 4. The summed E-state index contributed by atoms with van der Waals surface area (Å²) in [4.78, 5) is 37.3.